The Kier molecular flexibility index (Phi) is 4.40. The van der Waals surface area contributed by atoms with E-state index >= 15 is 0 Å². The molecule has 0 nitrogen and oxygen atoms in total. The minimum absolute atomic E-state index is 0.683. The summed E-state index contributed by atoms with van der Waals surface area (Å²) in [4.78, 5) is 0. The number of fused-ring (bicyclic) bond motifs is 3. The van der Waals surface area contributed by atoms with Gasteiger partial charge in [-0.1, -0.05) is 0 Å². The van der Waals surface area contributed by atoms with E-state index in [0.717, 1.165) is 10.0 Å². The minimum atomic E-state index is -0.694. The van der Waals surface area contributed by atoms with E-state index in [1.807, 2.05) is 0 Å². The third-order valence-electron chi connectivity index (χ3n) is 6.54. The van der Waals surface area contributed by atoms with Gasteiger partial charge in [-0.05, 0) is 0 Å². The quantitative estimate of drug-likeness (QED) is 0.544. The summed E-state index contributed by atoms with van der Waals surface area (Å²) in [6.07, 6.45) is 11.6. The molecule has 2 unspecified atom stereocenters. The molecule has 1 heteroatoms. The van der Waals surface area contributed by atoms with Gasteiger partial charge in [0.1, 0.15) is 0 Å². The van der Waals surface area contributed by atoms with Crippen molar-refractivity contribution in [2.45, 2.75) is 49.6 Å². The van der Waals surface area contributed by atoms with E-state index in [1.54, 1.807) is 42.2 Å². The molecule has 0 heterocycles. The van der Waals surface area contributed by atoms with Crippen molar-refractivity contribution in [1.82, 2.24) is 0 Å². The van der Waals surface area contributed by atoms with Crippen LogP contribution in [0.2, 0.25) is 0 Å². The molecule has 5 rings (SSSR count). The van der Waals surface area contributed by atoms with Crippen molar-refractivity contribution in [2.75, 3.05) is 0 Å². The molecule has 0 saturated heterocycles. The molecule has 0 N–H and O–H groups in total. The van der Waals surface area contributed by atoms with Crippen molar-refractivity contribution < 1.29 is 23.2 Å². The molecule has 0 spiro atoms. The Morgan fingerprint density at radius 1 is 1.04 bits per heavy atom. The standard InChI is InChI=1S/C16H19.C9H7.Zr/c1-3-11(2)15-8-7-14-9-12-5-4-6-13(12)10-16(14)15;1-2-5-9-7-3-6-8(9)4-1;/h7-11H,3-6H2,1-2H3;1-5H,6H2;. The van der Waals surface area contributed by atoms with E-state index in [4.69, 9.17) is 0 Å². The van der Waals surface area contributed by atoms with E-state index in [2.05, 4.69) is 62.4 Å². The average molecular weight is 418 g/mol. The summed E-state index contributed by atoms with van der Waals surface area (Å²) in [7, 11) is 0. The maximum absolute atomic E-state index is 2.68. The van der Waals surface area contributed by atoms with Gasteiger partial charge in [0, 0.05) is 0 Å². The second-order valence-electron chi connectivity index (χ2n) is 8.09. The van der Waals surface area contributed by atoms with Gasteiger partial charge < -0.3 is 0 Å². The van der Waals surface area contributed by atoms with Crippen molar-refractivity contribution in [3.05, 3.63) is 81.9 Å². The van der Waals surface area contributed by atoms with E-state index in [-0.39, 0.29) is 0 Å². The number of hydrogen-bond acceptors (Lipinski definition) is 0. The summed E-state index contributed by atoms with van der Waals surface area (Å²) in [5.41, 5.74) is 11.3. The summed E-state index contributed by atoms with van der Waals surface area (Å²) < 4.78 is 2.45. The Hall–Kier alpha value is -1.20. The van der Waals surface area contributed by atoms with Gasteiger partial charge in [0.25, 0.3) is 0 Å². The van der Waals surface area contributed by atoms with E-state index in [1.165, 1.54) is 25.7 Å². The average Bonchev–Trinajstić information content (AvgIpc) is 3.37. The number of benzene rings is 2. The van der Waals surface area contributed by atoms with Gasteiger partial charge in [0.05, 0.1) is 0 Å². The van der Waals surface area contributed by atoms with Gasteiger partial charge in [-0.2, -0.15) is 0 Å². The summed E-state index contributed by atoms with van der Waals surface area (Å²) in [5.74, 6) is 0.683. The van der Waals surface area contributed by atoms with Crippen LogP contribution in [0.15, 0.2) is 48.6 Å². The van der Waals surface area contributed by atoms with Crippen LogP contribution in [-0.4, -0.2) is 0 Å². The molecular formula is C25H26Zr. The second kappa shape index (κ2) is 6.76. The monoisotopic (exact) mass is 416 g/mol. The molecule has 0 aliphatic heterocycles. The van der Waals surface area contributed by atoms with Crippen molar-refractivity contribution >= 4 is 8.85 Å². The normalized spacial score (nSPS) is 20.9. The molecule has 0 radical (unpaired) electrons. The molecule has 0 fully saturated rings. The third kappa shape index (κ3) is 2.75. The SMILES string of the molecule is CCC(C)C1=C[CH]([Zr][C]2=CCc3ccccc32)c2cc3c(cc21)CCC3. The molecule has 130 valence electrons. The molecule has 3 aliphatic rings. The van der Waals surface area contributed by atoms with Gasteiger partial charge in [0.15, 0.2) is 0 Å². The zero-order valence-electron chi connectivity index (χ0n) is 15.8. The summed E-state index contributed by atoms with van der Waals surface area (Å²) in [6, 6.07) is 14.3. The first-order valence-corrected chi connectivity index (χ1v) is 12.8. The van der Waals surface area contributed by atoms with Gasteiger partial charge in [-0.15, -0.1) is 0 Å². The van der Waals surface area contributed by atoms with Crippen LogP contribution in [0.3, 0.4) is 0 Å². The van der Waals surface area contributed by atoms with Crippen LogP contribution in [0.4, 0.5) is 0 Å². The van der Waals surface area contributed by atoms with Crippen molar-refractivity contribution in [3.8, 4) is 0 Å². The first-order valence-electron chi connectivity index (χ1n) is 10.2. The number of hydrogen-bond donors (Lipinski definition) is 0. The molecule has 2 atom stereocenters. The number of aryl methyl sites for hydroxylation is 2. The van der Waals surface area contributed by atoms with Crippen LogP contribution in [0.5, 0.6) is 0 Å². The summed E-state index contributed by atoms with van der Waals surface area (Å²) >= 11 is -0.694. The van der Waals surface area contributed by atoms with Crippen LogP contribution in [-0.2, 0) is 42.5 Å². The van der Waals surface area contributed by atoms with Crippen molar-refractivity contribution in [1.29, 1.82) is 0 Å². The van der Waals surface area contributed by atoms with E-state index in [0.29, 0.717) is 5.92 Å². The fourth-order valence-corrected chi connectivity index (χ4v) is 8.83. The molecule has 0 aromatic heterocycles. The van der Waals surface area contributed by atoms with Gasteiger partial charge in [-0.3, -0.25) is 0 Å². The van der Waals surface area contributed by atoms with Crippen LogP contribution in [0, 0.1) is 5.92 Å². The molecule has 2 aromatic rings. The Balaban J connectivity index is 1.53. The molecular weight excluding hydrogens is 391 g/mol. The predicted octanol–water partition coefficient (Wildman–Crippen LogP) is 6.34. The Bertz CT molecular complexity index is 931. The van der Waals surface area contributed by atoms with Crippen molar-refractivity contribution in [2.24, 2.45) is 5.92 Å². The molecule has 3 aliphatic carbocycles. The zero-order chi connectivity index (χ0) is 17.7. The van der Waals surface area contributed by atoms with Crippen LogP contribution in [0.25, 0.3) is 8.85 Å². The Labute approximate surface area is 169 Å². The van der Waals surface area contributed by atoms with E-state index in [9.17, 15) is 0 Å². The Morgan fingerprint density at radius 2 is 1.85 bits per heavy atom. The predicted molar refractivity (Wildman–Crippen MR) is 107 cm³/mol. The molecule has 0 amide bonds. The fraction of sp³-hybridized carbons (Fsp3) is 0.360. The van der Waals surface area contributed by atoms with Gasteiger partial charge >= 0.3 is 170 Å². The number of rotatable bonds is 4. The summed E-state index contributed by atoms with van der Waals surface area (Å²) in [6.45, 7) is 4.75. The van der Waals surface area contributed by atoms with E-state index < -0.39 is 23.2 Å². The zero-order valence-corrected chi connectivity index (χ0v) is 18.3. The first-order chi connectivity index (χ1) is 12.7. The Morgan fingerprint density at radius 3 is 2.69 bits per heavy atom. The maximum atomic E-state index is 2.68. The van der Waals surface area contributed by atoms with Crippen molar-refractivity contribution in [3.63, 3.8) is 0 Å². The molecule has 26 heavy (non-hydrogen) atoms. The van der Waals surface area contributed by atoms with Crippen LogP contribution in [0.1, 0.15) is 63.7 Å². The van der Waals surface area contributed by atoms with Gasteiger partial charge in [0.2, 0.25) is 0 Å². The molecule has 2 aromatic carbocycles. The molecule has 0 saturated carbocycles. The molecule has 0 bridgehead atoms. The second-order valence-corrected chi connectivity index (χ2v) is 11.7. The van der Waals surface area contributed by atoms with Crippen LogP contribution >= 0.6 is 0 Å². The van der Waals surface area contributed by atoms with Gasteiger partial charge in [-0.25, -0.2) is 0 Å². The third-order valence-corrected chi connectivity index (χ3v) is 10.4. The van der Waals surface area contributed by atoms with Crippen LogP contribution < -0.4 is 0 Å². The first kappa shape index (κ1) is 16.9. The fourth-order valence-electron chi connectivity index (χ4n) is 4.87. The number of allylic oxidation sites excluding steroid dienone is 3. The summed E-state index contributed by atoms with van der Waals surface area (Å²) in [5, 5.41) is 0. The topological polar surface area (TPSA) is 0 Å².